The molecule has 2 unspecified atom stereocenters. The Morgan fingerprint density at radius 3 is 2.60 bits per heavy atom. The summed E-state index contributed by atoms with van der Waals surface area (Å²) in [5.41, 5.74) is 0.531. The van der Waals surface area contributed by atoms with Gasteiger partial charge < -0.3 is 4.74 Å². The Bertz CT molecular complexity index is 335. The van der Waals surface area contributed by atoms with Crippen molar-refractivity contribution in [3.05, 3.63) is 11.6 Å². The molecule has 0 spiro atoms. The van der Waals surface area contributed by atoms with Crippen LogP contribution in [0.2, 0.25) is 0 Å². The molecule has 1 saturated heterocycles. The van der Waals surface area contributed by atoms with Crippen LogP contribution >= 0.6 is 0 Å². The zero-order valence-electron chi connectivity index (χ0n) is 9.03. The maximum Gasteiger partial charge on any atom is 0.256 e. The molecule has 2 aliphatic heterocycles. The number of epoxide rings is 1. The monoisotopic (exact) mass is 209 g/mol. The summed E-state index contributed by atoms with van der Waals surface area (Å²) in [7, 11) is 0. The molecule has 15 heavy (non-hydrogen) atoms. The first kappa shape index (κ1) is 10.4. The van der Waals surface area contributed by atoms with Crippen LogP contribution in [0.15, 0.2) is 11.6 Å². The van der Waals surface area contributed by atoms with Crippen molar-refractivity contribution in [2.75, 3.05) is 6.54 Å². The Hall–Kier alpha value is -1.16. The van der Waals surface area contributed by atoms with E-state index in [4.69, 9.17) is 4.74 Å². The van der Waals surface area contributed by atoms with Crippen molar-refractivity contribution in [2.24, 2.45) is 0 Å². The van der Waals surface area contributed by atoms with Gasteiger partial charge in [-0.3, -0.25) is 14.5 Å². The lowest BCUT2D eigenvalue weighted by molar-refractivity contribution is -0.137. The van der Waals surface area contributed by atoms with Gasteiger partial charge in [-0.25, -0.2) is 0 Å². The highest BCUT2D eigenvalue weighted by atomic mass is 16.6. The molecule has 0 N–H and O–H groups in total. The number of rotatable bonds is 4. The lowest BCUT2D eigenvalue weighted by atomic mass is 10.2. The molecular weight excluding hydrogens is 194 g/mol. The summed E-state index contributed by atoms with van der Waals surface area (Å²) in [5, 5.41) is 0. The van der Waals surface area contributed by atoms with Gasteiger partial charge in [0.25, 0.3) is 11.8 Å². The van der Waals surface area contributed by atoms with Gasteiger partial charge in [0.2, 0.25) is 0 Å². The van der Waals surface area contributed by atoms with Crippen LogP contribution in [0.5, 0.6) is 0 Å². The molecule has 2 aliphatic rings. The summed E-state index contributed by atoms with van der Waals surface area (Å²) in [4.78, 5) is 24.2. The average molecular weight is 209 g/mol. The summed E-state index contributed by atoms with van der Waals surface area (Å²) >= 11 is 0. The Labute approximate surface area is 88.9 Å². The number of imide groups is 1. The molecule has 2 heterocycles. The molecule has 2 atom stereocenters. The van der Waals surface area contributed by atoms with Gasteiger partial charge in [0, 0.05) is 18.2 Å². The second-order valence-electron chi connectivity index (χ2n) is 4.03. The number of hydrogen-bond donors (Lipinski definition) is 0. The smallest absolute Gasteiger partial charge is 0.256 e. The Balaban J connectivity index is 1.82. The molecule has 2 rings (SSSR count). The maximum atomic E-state index is 11.5. The normalized spacial score (nSPS) is 29.7. The van der Waals surface area contributed by atoms with Gasteiger partial charge in [-0.05, 0) is 19.8 Å². The van der Waals surface area contributed by atoms with E-state index in [1.165, 1.54) is 11.0 Å². The van der Waals surface area contributed by atoms with Gasteiger partial charge >= 0.3 is 0 Å². The highest BCUT2D eigenvalue weighted by Crippen LogP contribution is 2.28. The number of nitrogens with zero attached hydrogens (tertiary/aromatic N) is 1. The topological polar surface area (TPSA) is 49.9 Å². The number of carbonyl (C=O) groups is 2. The fourth-order valence-corrected chi connectivity index (χ4v) is 1.90. The van der Waals surface area contributed by atoms with Crippen molar-refractivity contribution in [1.29, 1.82) is 0 Å². The minimum absolute atomic E-state index is 0.159. The molecule has 82 valence electrons. The van der Waals surface area contributed by atoms with Crippen LogP contribution in [0.4, 0.5) is 0 Å². The summed E-state index contributed by atoms with van der Waals surface area (Å²) in [6.45, 7) is 4.22. The summed E-state index contributed by atoms with van der Waals surface area (Å²) < 4.78 is 5.36. The first-order chi connectivity index (χ1) is 7.13. The quantitative estimate of drug-likeness (QED) is 0.510. The van der Waals surface area contributed by atoms with Crippen molar-refractivity contribution in [1.82, 2.24) is 4.90 Å². The first-order valence-corrected chi connectivity index (χ1v) is 5.33. The van der Waals surface area contributed by atoms with E-state index in [1.807, 2.05) is 0 Å². The average Bonchev–Trinajstić information content (AvgIpc) is 2.91. The van der Waals surface area contributed by atoms with Crippen molar-refractivity contribution >= 4 is 11.8 Å². The zero-order chi connectivity index (χ0) is 11.0. The van der Waals surface area contributed by atoms with E-state index in [1.54, 1.807) is 6.92 Å². The molecule has 0 aromatic heterocycles. The summed E-state index contributed by atoms with van der Waals surface area (Å²) in [6.07, 6.45) is 3.75. The van der Waals surface area contributed by atoms with E-state index in [9.17, 15) is 9.59 Å². The minimum Gasteiger partial charge on any atom is -0.370 e. The maximum absolute atomic E-state index is 11.5. The highest BCUT2D eigenvalue weighted by Gasteiger charge is 2.38. The molecule has 0 aromatic rings. The zero-order valence-corrected chi connectivity index (χ0v) is 9.03. The largest absolute Gasteiger partial charge is 0.370 e. The second kappa shape index (κ2) is 3.77. The molecule has 0 aromatic carbocycles. The van der Waals surface area contributed by atoms with Crippen LogP contribution in [0, 0.1) is 0 Å². The fraction of sp³-hybridized carbons (Fsp3) is 0.636. The van der Waals surface area contributed by atoms with Crippen LogP contribution in [-0.2, 0) is 14.3 Å². The highest BCUT2D eigenvalue weighted by molar-refractivity contribution is 6.15. The predicted molar refractivity (Wildman–Crippen MR) is 54.0 cm³/mol. The van der Waals surface area contributed by atoms with Gasteiger partial charge in [-0.2, -0.15) is 0 Å². The van der Waals surface area contributed by atoms with E-state index in [-0.39, 0.29) is 17.9 Å². The molecule has 0 radical (unpaired) electrons. The summed E-state index contributed by atoms with van der Waals surface area (Å²) in [6, 6.07) is 0. The molecular formula is C11H15NO3. The lowest BCUT2D eigenvalue weighted by Crippen LogP contribution is -2.32. The molecule has 0 aliphatic carbocycles. The number of amides is 2. The molecule has 4 nitrogen and oxygen atoms in total. The van der Waals surface area contributed by atoms with E-state index < -0.39 is 0 Å². The number of hydrogen-bond acceptors (Lipinski definition) is 3. The van der Waals surface area contributed by atoms with Crippen LogP contribution in [-0.4, -0.2) is 35.5 Å². The molecule has 2 amide bonds. The third-order valence-corrected chi connectivity index (χ3v) is 2.92. The van der Waals surface area contributed by atoms with Gasteiger partial charge in [0.1, 0.15) is 0 Å². The van der Waals surface area contributed by atoms with Crippen LogP contribution < -0.4 is 0 Å². The van der Waals surface area contributed by atoms with Gasteiger partial charge in [0.15, 0.2) is 0 Å². The standard InChI is InChI=1S/C11H15NO3/c1-3-8-9(15-8)4-5-12-10(13)6-7(2)11(12)14/h6,8-9H,3-5H2,1-2H3. The second-order valence-corrected chi connectivity index (χ2v) is 4.03. The molecule has 0 bridgehead atoms. The Kier molecular flexibility index (Phi) is 2.61. The fourth-order valence-electron chi connectivity index (χ4n) is 1.90. The molecule has 4 heteroatoms. The molecule has 0 saturated carbocycles. The lowest BCUT2D eigenvalue weighted by Gasteiger charge is -2.12. The Morgan fingerprint density at radius 2 is 2.13 bits per heavy atom. The predicted octanol–water partition coefficient (Wildman–Crippen LogP) is 0.869. The van der Waals surface area contributed by atoms with Crippen molar-refractivity contribution in [3.8, 4) is 0 Å². The van der Waals surface area contributed by atoms with Gasteiger partial charge in [0.05, 0.1) is 12.2 Å². The van der Waals surface area contributed by atoms with E-state index >= 15 is 0 Å². The molecule has 1 fully saturated rings. The Morgan fingerprint density at radius 1 is 1.40 bits per heavy atom. The van der Waals surface area contributed by atoms with Crippen molar-refractivity contribution in [3.63, 3.8) is 0 Å². The summed E-state index contributed by atoms with van der Waals surface area (Å²) in [5.74, 6) is -0.347. The minimum atomic E-state index is -0.189. The first-order valence-electron chi connectivity index (χ1n) is 5.33. The van der Waals surface area contributed by atoms with Gasteiger partial charge in [-0.1, -0.05) is 6.92 Å². The van der Waals surface area contributed by atoms with E-state index in [0.29, 0.717) is 18.2 Å². The van der Waals surface area contributed by atoms with Crippen molar-refractivity contribution < 1.29 is 14.3 Å². The third kappa shape index (κ3) is 1.95. The van der Waals surface area contributed by atoms with Gasteiger partial charge in [-0.15, -0.1) is 0 Å². The van der Waals surface area contributed by atoms with Crippen LogP contribution in [0.1, 0.15) is 26.7 Å². The number of ether oxygens (including phenoxy) is 1. The van der Waals surface area contributed by atoms with Crippen LogP contribution in [0.3, 0.4) is 0 Å². The van der Waals surface area contributed by atoms with E-state index in [0.717, 1.165) is 12.8 Å². The van der Waals surface area contributed by atoms with E-state index in [2.05, 4.69) is 6.92 Å². The van der Waals surface area contributed by atoms with Crippen molar-refractivity contribution in [2.45, 2.75) is 38.9 Å². The SMILES string of the molecule is CCC1OC1CCN1C(=O)C=C(C)C1=O. The van der Waals surface area contributed by atoms with Crippen LogP contribution in [0.25, 0.3) is 0 Å². The number of carbonyl (C=O) groups excluding carboxylic acids is 2. The third-order valence-electron chi connectivity index (χ3n) is 2.92.